The smallest absolute Gasteiger partial charge is 0.330 e. The highest BCUT2D eigenvalue weighted by atomic mass is 32.2. The zero-order chi connectivity index (χ0) is 24.5. The van der Waals surface area contributed by atoms with Crippen molar-refractivity contribution in [2.24, 2.45) is 5.92 Å². The number of fused-ring (bicyclic) bond motifs is 1. The summed E-state index contributed by atoms with van der Waals surface area (Å²) in [5, 5.41) is 10.4. The van der Waals surface area contributed by atoms with E-state index in [2.05, 4.69) is 0 Å². The predicted octanol–water partition coefficient (Wildman–Crippen LogP) is 2.47. The number of amides is 2. The lowest BCUT2D eigenvalue weighted by atomic mass is 9.87. The summed E-state index contributed by atoms with van der Waals surface area (Å²) in [6.45, 7) is 4.33. The fourth-order valence-corrected chi connectivity index (χ4v) is 6.26. The predicted molar refractivity (Wildman–Crippen MR) is 130 cm³/mol. The normalized spacial score (nSPS) is 23.6. The number of hydrogen-bond donors (Lipinski definition) is 1. The van der Waals surface area contributed by atoms with Crippen molar-refractivity contribution in [3.05, 3.63) is 71.8 Å². The Morgan fingerprint density at radius 1 is 1.09 bits per heavy atom. The van der Waals surface area contributed by atoms with E-state index < -0.39 is 40.1 Å². The van der Waals surface area contributed by atoms with Crippen LogP contribution in [0.25, 0.3) is 0 Å². The fraction of sp³-hybridized carbons (Fsp3) is 0.423. The van der Waals surface area contributed by atoms with Crippen molar-refractivity contribution in [2.75, 3.05) is 13.6 Å². The van der Waals surface area contributed by atoms with E-state index in [1.165, 1.54) is 21.6 Å². The Bertz CT molecular complexity index is 1050. The number of esters is 1. The third kappa shape index (κ3) is 4.70. The van der Waals surface area contributed by atoms with Crippen LogP contribution in [0.1, 0.15) is 25.0 Å². The molecule has 0 radical (unpaired) electrons. The first-order valence-corrected chi connectivity index (χ1v) is 12.3. The number of carbonyl (C=O) groups is 3. The van der Waals surface area contributed by atoms with Crippen LogP contribution in [-0.2, 0) is 32.1 Å². The number of nitrogens with zero attached hydrogens (tertiary/aromatic N) is 2. The Hall–Kier alpha value is -2.84. The molecule has 0 bridgehead atoms. The van der Waals surface area contributed by atoms with Gasteiger partial charge < -0.3 is 19.6 Å². The minimum atomic E-state index is -1.45. The molecule has 0 aliphatic carbocycles. The van der Waals surface area contributed by atoms with E-state index in [-0.39, 0.29) is 12.5 Å². The summed E-state index contributed by atoms with van der Waals surface area (Å²) in [5.41, 5.74) is 1.95. The lowest BCUT2D eigenvalue weighted by Crippen LogP contribution is -2.67. The highest BCUT2D eigenvalue weighted by Gasteiger charge is 2.66. The van der Waals surface area contributed by atoms with Gasteiger partial charge >= 0.3 is 5.97 Å². The van der Waals surface area contributed by atoms with Crippen LogP contribution in [-0.4, -0.2) is 68.5 Å². The zero-order valence-electron chi connectivity index (χ0n) is 19.6. The molecule has 2 aliphatic rings. The van der Waals surface area contributed by atoms with Gasteiger partial charge in [0.15, 0.2) is 0 Å². The van der Waals surface area contributed by atoms with E-state index in [0.717, 1.165) is 11.1 Å². The van der Waals surface area contributed by atoms with Crippen LogP contribution in [0.3, 0.4) is 0 Å². The van der Waals surface area contributed by atoms with E-state index >= 15 is 0 Å². The summed E-state index contributed by atoms with van der Waals surface area (Å²) in [6.07, 6.45) is -0.793. The van der Waals surface area contributed by atoms with Crippen LogP contribution in [0.4, 0.5) is 0 Å². The number of β-lactam (4-membered cyclic amide) rings is 1. The molecule has 7 nitrogen and oxygen atoms in total. The molecule has 0 aromatic heterocycles. The second-order valence-corrected chi connectivity index (χ2v) is 11.1. The topological polar surface area (TPSA) is 87.2 Å². The van der Waals surface area contributed by atoms with Crippen LogP contribution in [0.2, 0.25) is 0 Å². The number of carbonyl (C=O) groups excluding carboxylic acids is 3. The highest BCUT2D eigenvalue weighted by molar-refractivity contribution is 8.01. The van der Waals surface area contributed by atoms with Gasteiger partial charge in [-0.2, -0.15) is 0 Å². The summed E-state index contributed by atoms with van der Waals surface area (Å²) in [5.74, 6) is -2.22. The summed E-state index contributed by atoms with van der Waals surface area (Å²) < 4.78 is 4.91. The molecule has 0 saturated carbocycles. The average Bonchev–Trinajstić information content (AvgIpc) is 3.08. The molecule has 8 heteroatoms. The third-order valence-corrected chi connectivity index (χ3v) is 8.07. The van der Waals surface area contributed by atoms with Gasteiger partial charge in [-0.25, -0.2) is 4.79 Å². The number of ether oxygens (including phenoxy) is 1. The van der Waals surface area contributed by atoms with Gasteiger partial charge in [0.1, 0.15) is 24.7 Å². The Balaban J connectivity index is 1.38. The highest BCUT2D eigenvalue weighted by Crippen LogP contribution is 2.54. The first-order chi connectivity index (χ1) is 16.2. The molecule has 0 spiro atoms. The monoisotopic (exact) mass is 482 g/mol. The van der Waals surface area contributed by atoms with Gasteiger partial charge in [0, 0.05) is 18.3 Å². The van der Waals surface area contributed by atoms with Crippen molar-refractivity contribution in [2.45, 2.75) is 49.1 Å². The lowest BCUT2D eigenvalue weighted by Gasteiger charge is -2.45. The standard InChI is InChI=1S/C26H30N2O5S/c1-26(2)21(25(32)33-16-18-12-8-5-9-13-18)28-22(30)19(24(28)34-26)20(29)23(31)27(3)15-14-17-10-6-4-7-11-17/h4-13,19-21,24,29H,14-16H2,1-3H3/t19-,20+,21+,24-/m1/s1. The third-order valence-electron chi connectivity index (χ3n) is 6.48. The maximum Gasteiger partial charge on any atom is 0.330 e. The quantitative estimate of drug-likeness (QED) is 0.460. The minimum absolute atomic E-state index is 0.125. The largest absolute Gasteiger partial charge is 0.459 e. The molecule has 2 heterocycles. The molecule has 2 amide bonds. The van der Waals surface area contributed by atoms with Gasteiger partial charge in [-0.15, -0.1) is 11.8 Å². The molecule has 1 N–H and O–H groups in total. The van der Waals surface area contributed by atoms with Gasteiger partial charge in [0.05, 0.1) is 5.37 Å². The Morgan fingerprint density at radius 2 is 1.68 bits per heavy atom. The first kappa shape index (κ1) is 24.3. The van der Waals surface area contributed by atoms with Crippen molar-refractivity contribution in [3.63, 3.8) is 0 Å². The molecule has 34 heavy (non-hydrogen) atoms. The summed E-state index contributed by atoms with van der Waals surface area (Å²) in [7, 11) is 1.63. The summed E-state index contributed by atoms with van der Waals surface area (Å²) in [6, 6.07) is 18.4. The molecule has 2 fully saturated rings. The molecule has 2 aromatic carbocycles. The van der Waals surface area contributed by atoms with E-state index in [0.29, 0.717) is 13.0 Å². The SMILES string of the molecule is CN(CCc1ccccc1)C(=O)[C@@H](O)[C@@H]1C(=O)N2[C@@H]1SC(C)(C)[C@@H]2C(=O)OCc1ccccc1. The Labute approximate surface area is 204 Å². The van der Waals surface area contributed by atoms with Gasteiger partial charge in [0.25, 0.3) is 5.91 Å². The van der Waals surface area contributed by atoms with Crippen LogP contribution in [0.15, 0.2) is 60.7 Å². The second-order valence-electron chi connectivity index (χ2n) is 9.32. The van der Waals surface area contributed by atoms with Gasteiger partial charge in [0.2, 0.25) is 5.91 Å². The number of likely N-dealkylation sites (N-methyl/N-ethyl adjacent to an activating group) is 1. The molecule has 2 aliphatic heterocycles. The number of thioether (sulfide) groups is 1. The van der Waals surface area contributed by atoms with Crippen LogP contribution >= 0.6 is 11.8 Å². The second kappa shape index (κ2) is 9.80. The number of benzene rings is 2. The maximum absolute atomic E-state index is 13.0. The molecular formula is C26H30N2O5S. The van der Waals surface area contributed by atoms with E-state index in [9.17, 15) is 19.5 Å². The van der Waals surface area contributed by atoms with Gasteiger partial charge in [-0.3, -0.25) is 9.59 Å². The molecule has 4 atom stereocenters. The zero-order valence-corrected chi connectivity index (χ0v) is 20.4. The van der Waals surface area contributed by atoms with E-state index in [1.54, 1.807) is 7.05 Å². The van der Waals surface area contributed by atoms with Crippen LogP contribution < -0.4 is 0 Å². The number of hydrogen-bond acceptors (Lipinski definition) is 6. The fourth-order valence-electron chi connectivity index (χ4n) is 4.55. The minimum Gasteiger partial charge on any atom is -0.459 e. The first-order valence-electron chi connectivity index (χ1n) is 11.4. The summed E-state index contributed by atoms with van der Waals surface area (Å²) in [4.78, 5) is 41.8. The molecule has 180 valence electrons. The Kier molecular flexibility index (Phi) is 7.00. The van der Waals surface area contributed by atoms with Gasteiger partial charge in [-0.1, -0.05) is 60.7 Å². The van der Waals surface area contributed by atoms with Crippen molar-refractivity contribution in [3.8, 4) is 0 Å². The van der Waals surface area contributed by atoms with Crippen molar-refractivity contribution < 1.29 is 24.2 Å². The number of rotatable bonds is 8. The lowest BCUT2D eigenvalue weighted by molar-refractivity contribution is -0.175. The molecule has 0 unspecified atom stereocenters. The molecule has 4 rings (SSSR count). The number of aliphatic hydroxyl groups excluding tert-OH is 1. The molecule has 2 saturated heterocycles. The van der Waals surface area contributed by atoms with Crippen molar-refractivity contribution in [1.82, 2.24) is 9.80 Å². The maximum atomic E-state index is 13.0. The van der Waals surface area contributed by atoms with Gasteiger partial charge in [-0.05, 0) is 31.4 Å². The van der Waals surface area contributed by atoms with E-state index in [1.807, 2.05) is 74.5 Å². The van der Waals surface area contributed by atoms with E-state index in [4.69, 9.17) is 4.74 Å². The Morgan fingerprint density at radius 3 is 2.29 bits per heavy atom. The molecular weight excluding hydrogens is 452 g/mol. The number of aliphatic hydroxyl groups is 1. The molecule has 2 aromatic rings. The average molecular weight is 483 g/mol. The van der Waals surface area contributed by atoms with Crippen molar-refractivity contribution >= 4 is 29.5 Å². The van der Waals surface area contributed by atoms with Crippen LogP contribution in [0.5, 0.6) is 0 Å². The van der Waals surface area contributed by atoms with Crippen molar-refractivity contribution in [1.29, 1.82) is 0 Å². The summed E-state index contributed by atoms with van der Waals surface area (Å²) >= 11 is 1.43. The van der Waals surface area contributed by atoms with Crippen LogP contribution in [0, 0.1) is 5.92 Å².